The topological polar surface area (TPSA) is 37.8 Å². The molecule has 0 saturated heterocycles. The fourth-order valence-corrected chi connectivity index (χ4v) is 1.88. The molecule has 0 aliphatic carbocycles. The zero-order valence-corrected chi connectivity index (χ0v) is 11.6. The van der Waals surface area contributed by atoms with Gasteiger partial charge in [-0.1, -0.05) is 20.3 Å². The van der Waals surface area contributed by atoms with Crippen LogP contribution in [0.25, 0.3) is 0 Å². The lowest BCUT2D eigenvalue weighted by Gasteiger charge is -2.12. The lowest BCUT2D eigenvalue weighted by atomic mass is 10.1. The van der Waals surface area contributed by atoms with Crippen molar-refractivity contribution in [3.8, 4) is 0 Å². The molecule has 1 aromatic heterocycles. The van der Waals surface area contributed by atoms with Crippen molar-refractivity contribution >= 4 is 5.82 Å². The summed E-state index contributed by atoms with van der Waals surface area (Å²) in [6.07, 6.45) is 5.55. The number of aryl methyl sites for hydroxylation is 2. The summed E-state index contributed by atoms with van der Waals surface area (Å²) in [5, 5.41) is 3.34. The van der Waals surface area contributed by atoms with Crippen LogP contribution in [0.15, 0.2) is 0 Å². The van der Waals surface area contributed by atoms with Gasteiger partial charge in [0.25, 0.3) is 0 Å². The van der Waals surface area contributed by atoms with E-state index in [1.165, 1.54) is 24.1 Å². The van der Waals surface area contributed by atoms with Crippen LogP contribution in [-0.2, 0) is 12.8 Å². The molecule has 1 aromatic rings. The van der Waals surface area contributed by atoms with Crippen LogP contribution in [0, 0.1) is 6.92 Å². The predicted molar refractivity (Wildman–Crippen MR) is 73.5 cm³/mol. The molecular weight excluding hydrogens is 210 g/mol. The number of hydrogen-bond donors (Lipinski definition) is 1. The van der Waals surface area contributed by atoms with Crippen LogP contribution in [0.1, 0.15) is 57.1 Å². The third-order valence-electron chi connectivity index (χ3n) is 2.88. The quantitative estimate of drug-likeness (QED) is 0.786. The highest BCUT2D eigenvalue weighted by molar-refractivity contribution is 5.45. The van der Waals surface area contributed by atoms with E-state index in [4.69, 9.17) is 4.98 Å². The highest BCUT2D eigenvalue weighted by atomic mass is 15.0. The van der Waals surface area contributed by atoms with Crippen LogP contribution < -0.4 is 5.32 Å². The highest BCUT2D eigenvalue weighted by Gasteiger charge is 2.09. The van der Waals surface area contributed by atoms with Crippen molar-refractivity contribution in [1.82, 2.24) is 9.97 Å². The maximum atomic E-state index is 4.69. The summed E-state index contributed by atoms with van der Waals surface area (Å²) in [5.41, 5.74) is 2.45. The van der Waals surface area contributed by atoms with Crippen LogP contribution >= 0.6 is 0 Å². The first kappa shape index (κ1) is 13.9. The summed E-state index contributed by atoms with van der Waals surface area (Å²) >= 11 is 0. The molecule has 3 nitrogen and oxygen atoms in total. The molecule has 3 heteroatoms. The van der Waals surface area contributed by atoms with E-state index in [9.17, 15) is 0 Å². The Labute approximate surface area is 105 Å². The van der Waals surface area contributed by atoms with Crippen LogP contribution in [0.5, 0.6) is 0 Å². The molecule has 1 N–H and O–H groups in total. The first-order valence-electron chi connectivity index (χ1n) is 6.83. The minimum atomic E-state index is 0.913. The highest BCUT2D eigenvalue weighted by Crippen LogP contribution is 2.18. The minimum absolute atomic E-state index is 0.913. The zero-order chi connectivity index (χ0) is 12.7. The Morgan fingerprint density at radius 3 is 2.35 bits per heavy atom. The van der Waals surface area contributed by atoms with Gasteiger partial charge in [-0.05, 0) is 33.1 Å². The fourth-order valence-electron chi connectivity index (χ4n) is 1.88. The van der Waals surface area contributed by atoms with E-state index in [0.717, 1.165) is 37.4 Å². The maximum Gasteiger partial charge on any atom is 0.132 e. The van der Waals surface area contributed by atoms with Crippen molar-refractivity contribution < 1.29 is 0 Å². The van der Waals surface area contributed by atoms with Crippen molar-refractivity contribution in [3.05, 3.63) is 17.1 Å². The fraction of sp³-hybridized carbons (Fsp3) is 0.714. The normalized spacial score (nSPS) is 10.6. The van der Waals surface area contributed by atoms with E-state index < -0.39 is 0 Å². The first-order chi connectivity index (χ1) is 8.22. The van der Waals surface area contributed by atoms with Crippen molar-refractivity contribution in [2.45, 2.75) is 59.8 Å². The standard InChI is InChI=1S/C14H25N3/c1-5-8-10-12-11(4)14(15-7-3)17-13(16-12)9-6-2/h5-10H2,1-4H3,(H,15,16,17). The van der Waals surface area contributed by atoms with Crippen molar-refractivity contribution in [3.63, 3.8) is 0 Å². The average molecular weight is 235 g/mol. The number of nitrogens with zero attached hydrogens (tertiary/aromatic N) is 2. The number of nitrogens with one attached hydrogen (secondary N) is 1. The second kappa shape index (κ2) is 7.25. The molecule has 0 unspecified atom stereocenters. The van der Waals surface area contributed by atoms with Gasteiger partial charge in [0.05, 0.1) is 0 Å². The number of hydrogen-bond acceptors (Lipinski definition) is 3. The second-order valence-corrected chi connectivity index (χ2v) is 4.44. The largest absolute Gasteiger partial charge is 0.370 e. The molecule has 96 valence electrons. The lowest BCUT2D eigenvalue weighted by Crippen LogP contribution is -2.09. The summed E-state index contributed by atoms with van der Waals surface area (Å²) in [4.78, 5) is 9.29. The minimum Gasteiger partial charge on any atom is -0.370 e. The summed E-state index contributed by atoms with van der Waals surface area (Å²) in [6, 6.07) is 0. The number of rotatable bonds is 7. The van der Waals surface area contributed by atoms with Gasteiger partial charge >= 0.3 is 0 Å². The summed E-state index contributed by atoms with van der Waals surface area (Å²) in [6.45, 7) is 9.53. The van der Waals surface area contributed by atoms with Crippen molar-refractivity contribution in [2.75, 3.05) is 11.9 Å². The molecule has 0 fully saturated rings. The summed E-state index contributed by atoms with van der Waals surface area (Å²) in [7, 11) is 0. The predicted octanol–water partition coefficient (Wildman–Crippen LogP) is 3.51. The number of unbranched alkanes of at least 4 members (excludes halogenated alkanes) is 1. The van der Waals surface area contributed by atoms with Crippen molar-refractivity contribution in [1.29, 1.82) is 0 Å². The molecule has 0 radical (unpaired) electrons. The van der Waals surface area contributed by atoms with Gasteiger partial charge in [0, 0.05) is 24.2 Å². The van der Waals surface area contributed by atoms with E-state index in [2.05, 4.69) is 38.0 Å². The van der Waals surface area contributed by atoms with Crippen LogP contribution in [0.4, 0.5) is 5.82 Å². The Morgan fingerprint density at radius 2 is 1.76 bits per heavy atom. The molecule has 0 amide bonds. The van der Waals surface area contributed by atoms with Gasteiger partial charge in [-0.3, -0.25) is 0 Å². The molecule has 0 saturated carbocycles. The van der Waals surface area contributed by atoms with Gasteiger partial charge in [0.2, 0.25) is 0 Å². The molecule has 0 aromatic carbocycles. The van der Waals surface area contributed by atoms with Crippen molar-refractivity contribution in [2.24, 2.45) is 0 Å². The van der Waals surface area contributed by atoms with E-state index in [1.54, 1.807) is 0 Å². The average Bonchev–Trinajstić information content (AvgIpc) is 2.32. The Bertz CT molecular complexity index is 348. The maximum absolute atomic E-state index is 4.69. The molecule has 0 spiro atoms. The molecule has 0 atom stereocenters. The smallest absolute Gasteiger partial charge is 0.132 e. The third-order valence-corrected chi connectivity index (χ3v) is 2.88. The molecule has 1 rings (SSSR count). The summed E-state index contributed by atoms with van der Waals surface area (Å²) in [5.74, 6) is 2.01. The molecular formula is C14H25N3. The van der Waals surface area contributed by atoms with Gasteiger partial charge in [-0.15, -0.1) is 0 Å². The molecule has 1 heterocycles. The second-order valence-electron chi connectivity index (χ2n) is 4.44. The van der Waals surface area contributed by atoms with E-state index in [1.807, 2.05) is 0 Å². The van der Waals surface area contributed by atoms with Crippen LogP contribution in [-0.4, -0.2) is 16.5 Å². The van der Waals surface area contributed by atoms with Gasteiger partial charge in [-0.2, -0.15) is 0 Å². The lowest BCUT2D eigenvalue weighted by molar-refractivity contribution is 0.744. The Hall–Kier alpha value is -1.12. The van der Waals surface area contributed by atoms with Gasteiger partial charge in [0.15, 0.2) is 0 Å². The van der Waals surface area contributed by atoms with E-state index in [-0.39, 0.29) is 0 Å². The monoisotopic (exact) mass is 235 g/mol. The van der Waals surface area contributed by atoms with Crippen LogP contribution in [0.3, 0.4) is 0 Å². The van der Waals surface area contributed by atoms with E-state index >= 15 is 0 Å². The van der Waals surface area contributed by atoms with Gasteiger partial charge in [-0.25, -0.2) is 9.97 Å². The SMILES string of the molecule is CCCCc1nc(CCC)nc(NCC)c1C. The number of aromatic nitrogens is 2. The zero-order valence-electron chi connectivity index (χ0n) is 11.6. The van der Waals surface area contributed by atoms with E-state index in [0.29, 0.717) is 0 Å². The Morgan fingerprint density at radius 1 is 1.00 bits per heavy atom. The first-order valence-corrected chi connectivity index (χ1v) is 6.83. The molecule has 17 heavy (non-hydrogen) atoms. The summed E-state index contributed by atoms with van der Waals surface area (Å²) < 4.78 is 0. The number of anilines is 1. The Balaban J connectivity index is 2.99. The molecule has 0 aliphatic heterocycles. The van der Waals surface area contributed by atoms with Crippen LogP contribution in [0.2, 0.25) is 0 Å². The molecule has 0 bridgehead atoms. The molecule has 0 aliphatic rings. The van der Waals surface area contributed by atoms with Gasteiger partial charge in [0.1, 0.15) is 11.6 Å². The third kappa shape index (κ3) is 3.99. The van der Waals surface area contributed by atoms with Gasteiger partial charge < -0.3 is 5.32 Å². The Kier molecular flexibility index (Phi) is 5.95.